The van der Waals surface area contributed by atoms with Crippen LogP contribution in [-0.2, 0) is 0 Å². The molecule has 0 fully saturated rings. The van der Waals surface area contributed by atoms with E-state index < -0.39 is 0 Å². The van der Waals surface area contributed by atoms with Crippen molar-refractivity contribution in [3.63, 3.8) is 0 Å². The zero-order valence-electron chi connectivity index (χ0n) is 10.9. The van der Waals surface area contributed by atoms with Crippen molar-refractivity contribution < 1.29 is 9.53 Å². The Morgan fingerprint density at radius 3 is 2.33 bits per heavy atom. The predicted molar refractivity (Wildman–Crippen MR) is 86.8 cm³/mol. The summed E-state index contributed by atoms with van der Waals surface area (Å²) in [5.74, 6) is 0.0235. The molecule has 0 saturated carbocycles. The molecular formula is C14H11Cl3N2O2. The van der Waals surface area contributed by atoms with Gasteiger partial charge in [0.15, 0.2) is 0 Å². The van der Waals surface area contributed by atoms with Crippen molar-refractivity contribution in [2.75, 3.05) is 18.2 Å². The number of nitrogens with one attached hydrogen (secondary N) is 1. The van der Waals surface area contributed by atoms with Crippen molar-refractivity contribution in [1.29, 1.82) is 0 Å². The number of nitrogens with two attached hydrogens (primary N) is 1. The number of hydrogen-bond acceptors (Lipinski definition) is 3. The second kappa shape index (κ2) is 6.43. The van der Waals surface area contributed by atoms with Gasteiger partial charge >= 0.3 is 0 Å². The minimum atomic E-state index is -0.389. The Morgan fingerprint density at radius 1 is 1.14 bits per heavy atom. The smallest absolute Gasteiger partial charge is 0.255 e. The number of carbonyl (C=O) groups is 1. The fourth-order valence-electron chi connectivity index (χ4n) is 1.70. The molecule has 2 aromatic carbocycles. The van der Waals surface area contributed by atoms with Gasteiger partial charge in [0, 0.05) is 10.6 Å². The van der Waals surface area contributed by atoms with Crippen molar-refractivity contribution in [3.8, 4) is 5.75 Å². The number of halogens is 3. The number of methoxy groups -OCH3 is 1. The molecule has 0 unspecified atom stereocenters. The Kier molecular flexibility index (Phi) is 4.83. The molecule has 0 radical (unpaired) electrons. The van der Waals surface area contributed by atoms with E-state index >= 15 is 0 Å². The van der Waals surface area contributed by atoms with E-state index in [1.165, 1.54) is 25.3 Å². The molecule has 0 aliphatic rings. The Balaban J connectivity index is 2.30. The minimum Gasteiger partial charge on any atom is -0.495 e. The molecule has 0 bridgehead atoms. The van der Waals surface area contributed by atoms with E-state index in [1.807, 2.05) is 0 Å². The summed E-state index contributed by atoms with van der Waals surface area (Å²) in [7, 11) is 1.47. The number of anilines is 2. The Bertz CT molecular complexity index is 682. The third kappa shape index (κ3) is 3.53. The SMILES string of the molecule is COc1cc(C(=O)Nc2c(Cl)cc(Cl)cc2Cl)ccc1N. The zero-order chi connectivity index (χ0) is 15.6. The van der Waals surface area contributed by atoms with Gasteiger partial charge in [-0.3, -0.25) is 4.79 Å². The highest BCUT2D eigenvalue weighted by Gasteiger charge is 2.14. The highest BCUT2D eigenvalue weighted by Crippen LogP contribution is 2.34. The molecule has 0 saturated heterocycles. The molecule has 110 valence electrons. The number of nitrogen functional groups attached to an aromatic ring is 1. The van der Waals surface area contributed by atoms with E-state index in [0.717, 1.165) is 0 Å². The predicted octanol–water partition coefficient (Wildman–Crippen LogP) is 4.49. The van der Waals surface area contributed by atoms with Crippen LogP contribution >= 0.6 is 34.8 Å². The van der Waals surface area contributed by atoms with Crippen LogP contribution in [-0.4, -0.2) is 13.0 Å². The lowest BCUT2D eigenvalue weighted by Crippen LogP contribution is -2.13. The largest absolute Gasteiger partial charge is 0.495 e. The van der Waals surface area contributed by atoms with Crippen molar-refractivity contribution in [2.24, 2.45) is 0 Å². The molecule has 0 spiro atoms. The van der Waals surface area contributed by atoms with E-state index in [-0.39, 0.29) is 16.0 Å². The van der Waals surface area contributed by atoms with Gasteiger partial charge in [-0.15, -0.1) is 0 Å². The van der Waals surface area contributed by atoms with E-state index in [2.05, 4.69) is 5.32 Å². The van der Waals surface area contributed by atoms with Crippen LogP contribution in [0, 0.1) is 0 Å². The highest BCUT2D eigenvalue weighted by atomic mass is 35.5. The first-order valence-corrected chi connectivity index (χ1v) is 6.95. The van der Waals surface area contributed by atoms with Crippen LogP contribution in [0.4, 0.5) is 11.4 Å². The van der Waals surface area contributed by atoms with Gasteiger partial charge in [-0.1, -0.05) is 34.8 Å². The van der Waals surface area contributed by atoms with Crippen LogP contribution in [0.25, 0.3) is 0 Å². The fourth-order valence-corrected chi connectivity index (χ4v) is 2.61. The third-order valence-electron chi connectivity index (χ3n) is 2.74. The maximum atomic E-state index is 12.2. The lowest BCUT2D eigenvalue weighted by Gasteiger charge is -2.11. The monoisotopic (exact) mass is 344 g/mol. The van der Waals surface area contributed by atoms with E-state index in [1.54, 1.807) is 12.1 Å². The topological polar surface area (TPSA) is 64.3 Å². The molecule has 4 nitrogen and oxygen atoms in total. The lowest BCUT2D eigenvalue weighted by atomic mass is 10.1. The molecule has 0 atom stereocenters. The van der Waals surface area contributed by atoms with Gasteiger partial charge in [-0.05, 0) is 30.3 Å². The molecule has 2 aromatic rings. The zero-order valence-corrected chi connectivity index (χ0v) is 13.2. The van der Waals surface area contributed by atoms with Gasteiger partial charge < -0.3 is 15.8 Å². The van der Waals surface area contributed by atoms with Crippen LogP contribution in [0.5, 0.6) is 5.75 Å². The third-order valence-corrected chi connectivity index (χ3v) is 3.56. The van der Waals surface area contributed by atoms with E-state index in [0.29, 0.717) is 27.7 Å². The molecule has 7 heteroatoms. The number of rotatable bonds is 3. The molecule has 0 aliphatic heterocycles. The van der Waals surface area contributed by atoms with Crippen LogP contribution in [0.15, 0.2) is 30.3 Å². The average Bonchev–Trinajstić information content (AvgIpc) is 2.43. The number of benzene rings is 2. The van der Waals surface area contributed by atoms with Gasteiger partial charge in [-0.2, -0.15) is 0 Å². The van der Waals surface area contributed by atoms with Crippen molar-refractivity contribution in [1.82, 2.24) is 0 Å². The van der Waals surface area contributed by atoms with Crippen LogP contribution in [0.1, 0.15) is 10.4 Å². The summed E-state index contributed by atoms with van der Waals surface area (Å²) in [6, 6.07) is 7.68. The second-order valence-electron chi connectivity index (χ2n) is 4.16. The average molecular weight is 346 g/mol. The van der Waals surface area contributed by atoms with Gasteiger partial charge in [-0.25, -0.2) is 0 Å². The summed E-state index contributed by atoms with van der Waals surface area (Å²) in [4.78, 5) is 12.2. The fraction of sp³-hybridized carbons (Fsp3) is 0.0714. The van der Waals surface area contributed by atoms with Crippen LogP contribution in [0.2, 0.25) is 15.1 Å². The summed E-state index contributed by atoms with van der Waals surface area (Å²) in [5.41, 5.74) is 6.80. The normalized spacial score (nSPS) is 10.3. The molecular weight excluding hydrogens is 335 g/mol. The second-order valence-corrected chi connectivity index (χ2v) is 5.41. The molecule has 0 heterocycles. The van der Waals surface area contributed by atoms with Crippen molar-refractivity contribution in [3.05, 3.63) is 51.0 Å². The molecule has 3 N–H and O–H groups in total. The minimum absolute atomic E-state index is 0.253. The molecule has 2 rings (SSSR count). The van der Waals surface area contributed by atoms with E-state index in [9.17, 15) is 4.79 Å². The van der Waals surface area contributed by atoms with Crippen LogP contribution < -0.4 is 15.8 Å². The summed E-state index contributed by atoms with van der Waals surface area (Å²) >= 11 is 17.9. The number of hydrogen-bond donors (Lipinski definition) is 2. The van der Waals surface area contributed by atoms with Crippen molar-refractivity contribution in [2.45, 2.75) is 0 Å². The quantitative estimate of drug-likeness (QED) is 0.806. The summed E-state index contributed by atoms with van der Waals surface area (Å²) in [6.45, 7) is 0. The lowest BCUT2D eigenvalue weighted by molar-refractivity contribution is 0.102. The number of amides is 1. The summed E-state index contributed by atoms with van der Waals surface area (Å²) in [6.07, 6.45) is 0. The van der Waals surface area contributed by atoms with Crippen LogP contribution in [0.3, 0.4) is 0 Å². The number of carbonyl (C=O) groups excluding carboxylic acids is 1. The van der Waals surface area contributed by atoms with Gasteiger partial charge in [0.1, 0.15) is 5.75 Å². The maximum absolute atomic E-state index is 12.2. The van der Waals surface area contributed by atoms with Gasteiger partial charge in [0.2, 0.25) is 0 Å². The first-order chi connectivity index (χ1) is 9.92. The van der Waals surface area contributed by atoms with E-state index in [4.69, 9.17) is 45.3 Å². The first-order valence-electron chi connectivity index (χ1n) is 5.81. The standard InChI is InChI=1S/C14H11Cl3N2O2/c1-21-12-4-7(2-3-11(12)18)14(20)19-13-9(16)5-8(15)6-10(13)17/h2-6H,18H2,1H3,(H,19,20). The molecule has 0 aromatic heterocycles. The first kappa shape index (κ1) is 15.8. The molecule has 0 aliphatic carbocycles. The Hall–Kier alpha value is -1.62. The van der Waals surface area contributed by atoms with Gasteiger partial charge in [0.05, 0.1) is 28.5 Å². The molecule has 1 amide bonds. The Labute approximate surface area is 136 Å². The Morgan fingerprint density at radius 2 is 1.76 bits per heavy atom. The number of ether oxygens (including phenoxy) is 1. The summed E-state index contributed by atoms with van der Waals surface area (Å²) in [5, 5.41) is 3.53. The highest BCUT2D eigenvalue weighted by molar-refractivity contribution is 6.42. The maximum Gasteiger partial charge on any atom is 0.255 e. The summed E-state index contributed by atoms with van der Waals surface area (Å²) < 4.78 is 5.07. The van der Waals surface area contributed by atoms with Crippen molar-refractivity contribution >= 4 is 52.1 Å². The van der Waals surface area contributed by atoms with Gasteiger partial charge in [0.25, 0.3) is 5.91 Å². The molecule has 21 heavy (non-hydrogen) atoms.